The van der Waals surface area contributed by atoms with E-state index in [0.717, 1.165) is 10.5 Å². The average Bonchev–Trinajstić information content (AvgIpc) is 2.94. The molecule has 1 fully saturated rings. The molecular formula is C21H21N3O5. The molecule has 0 saturated carbocycles. The number of carbonyl (C=O) groups excluding carboxylic acids is 3. The molecule has 2 aromatic rings. The van der Waals surface area contributed by atoms with Crippen LogP contribution in [-0.2, 0) is 19.9 Å². The molecule has 0 aliphatic carbocycles. The molecule has 0 aromatic heterocycles. The van der Waals surface area contributed by atoms with Crippen LogP contribution in [0.15, 0.2) is 54.6 Å². The largest absolute Gasteiger partial charge is 0.481 e. The van der Waals surface area contributed by atoms with Crippen molar-refractivity contribution < 1.29 is 24.3 Å². The summed E-state index contributed by atoms with van der Waals surface area (Å²) in [6.45, 7) is 1.36. The zero-order chi connectivity index (χ0) is 21.0. The van der Waals surface area contributed by atoms with E-state index in [1.807, 2.05) is 19.1 Å². The number of aryl methyl sites for hydroxylation is 1. The minimum Gasteiger partial charge on any atom is -0.481 e. The van der Waals surface area contributed by atoms with E-state index in [9.17, 15) is 19.2 Å². The molecule has 0 spiro atoms. The lowest BCUT2D eigenvalue weighted by atomic mass is 9.85. The Morgan fingerprint density at radius 3 is 2.38 bits per heavy atom. The molecule has 1 aliphatic rings. The van der Waals surface area contributed by atoms with Crippen molar-refractivity contribution in [2.75, 3.05) is 11.9 Å². The van der Waals surface area contributed by atoms with Gasteiger partial charge in [-0.05, 0) is 30.5 Å². The van der Waals surface area contributed by atoms with Gasteiger partial charge in [0, 0.05) is 12.1 Å². The minimum absolute atomic E-state index is 0.118. The number of carboxylic acids is 1. The SMILES string of the molecule is Cc1ccccc1NC(=O)CN1C(=O)N[C@@](CCC(=O)O)(c2ccccc2)C1=O. The van der Waals surface area contributed by atoms with Crippen molar-refractivity contribution in [3.05, 3.63) is 65.7 Å². The Bertz CT molecular complexity index is 960. The van der Waals surface area contributed by atoms with Crippen LogP contribution in [0.25, 0.3) is 0 Å². The van der Waals surface area contributed by atoms with Crippen molar-refractivity contribution in [2.24, 2.45) is 0 Å². The van der Waals surface area contributed by atoms with E-state index >= 15 is 0 Å². The highest BCUT2D eigenvalue weighted by molar-refractivity contribution is 6.10. The van der Waals surface area contributed by atoms with Crippen LogP contribution < -0.4 is 10.6 Å². The molecule has 4 amide bonds. The highest BCUT2D eigenvalue weighted by atomic mass is 16.4. The summed E-state index contributed by atoms with van der Waals surface area (Å²) in [7, 11) is 0. The summed E-state index contributed by atoms with van der Waals surface area (Å²) >= 11 is 0. The van der Waals surface area contributed by atoms with E-state index in [1.165, 1.54) is 0 Å². The van der Waals surface area contributed by atoms with Gasteiger partial charge in [0.25, 0.3) is 5.91 Å². The van der Waals surface area contributed by atoms with E-state index in [4.69, 9.17) is 5.11 Å². The van der Waals surface area contributed by atoms with Gasteiger partial charge in [0.2, 0.25) is 5.91 Å². The Kier molecular flexibility index (Phi) is 5.63. The fourth-order valence-electron chi connectivity index (χ4n) is 3.34. The number of hydrogen-bond acceptors (Lipinski definition) is 4. The van der Waals surface area contributed by atoms with Crippen molar-refractivity contribution in [3.8, 4) is 0 Å². The van der Waals surface area contributed by atoms with Gasteiger partial charge in [-0.15, -0.1) is 0 Å². The number of carbonyl (C=O) groups is 4. The van der Waals surface area contributed by atoms with E-state index in [-0.39, 0.29) is 12.8 Å². The average molecular weight is 395 g/mol. The minimum atomic E-state index is -1.51. The quantitative estimate of drug-likeness (QED) is 0.622. The van der Waals surface area contributed by atoms with Crippen molar-refractivity contribution >= 4 is 29.5 Å². The van der Waals surface area contributed by atoms with Gasteiger partial charge in [0.1, 0.15) is 12.1 Å². The molecule has 1 atom stereocenters. The van der Waals surface area contributed by atoms with Crippen LogP contribution in [-0.4, -0.2) is 40.4 Å². The summed E-state index contributed by atoms with van der Waals surface area (Å²) in [6, 6.07) is 14.9. The van der Waals surface area contributed by atoms with Crippen molar-refractivity contribution in [2.45, 2.75) is 25.3 Å². The molecular weight excluding hydrogens is 374 g/mol. The zero-order valence-corrected chi connectivity index (χ0v) is 15.8. The molecule has 0 bridgehead atoms. The van der Waals surface area contributed by atoms with E-state index in [2.05, 4.69) is 10.6 Å². The van der Waals surface area contributed by atoms with Gasteiger partial charge in [0.05, 0.1) is 0 Å². The highest BCUT2D eigenvalue weighted by Crippen LogP contribution is 2.33. The smallest absolute Gasteiger partial charge is 0.325 e. The van der Waals surface area contributed by atoms with Crippen molar-refractivity contribution in [1.82, 2.24) is 10.2 Å². The summed E-state index contributed by atoms with van der Waals surface area (Å²) in [6.07, 6.45) is -0.434. The number of para-hydroxylation sites is 1. The van der Waals surface area contributed by atoms with E-state index in [0.29, 0.717) is 11.3 Å². The number of nitrogens with one attached hydrogen (secondary N) is 2. The maximum absolute atomic E-state index is 13.2. The first-order valence-corrected chi connectivity index (χ1v) is 9.10. The number of carboxylic acid groups (broad SMARTS) is 1. The number of hydrogen-bond donors (Lipinski definition) is 3. The summed E-state index contributed by atoms with van der Waals surface area (Å²) in [5, 5.41) is 14.4. The number of anilines is 1. The van der Waals surface area contributed by atoms with Crippen molar-refractivity contribution in [3.63, 3.8) is 0 Å². The normalized spacial score (nSPS) is 18.4. The van der Waals surface area contributed by atoms with Gasteiger partial charge >= 0.3 is 12.0 Å². The monoisotopic (exact) mass is 395 g/mol. The summed E-state index contributed by atoms with van der Waals surface area (Å²) in [5.74, 6) is -2.25. The number of imide groups is 1. The first-order valence-electron chi connectivity index (χ1n) is 9.10. The second kappa shape index (κ2) is 8.14. The number of rotatable bonds is 7. The first-order chi connectivity index (χ1) is 13.8. The fourth-order valence-corrected chi connectivity index (χ4v) is 3.34. The maximum Gasteiger partial charge on any atom is 0.325 e. The molecule has 29 heavy (non-hydrogen) atoms. The Hall–Kier alpha value is -3.68. The molecule has 1 aliphatic heterocycles. The van der Waals surface area contributed by atoms with E-state index < -0.39 is 35.9 Å². The molecule has 0 radical (unpaired) electrons. The molecule has 150 valence electrons. The van der Waals surface area contributed by atoms with Crippen LogP contribution in [0, 0.1) is 6.92 Å². The Labute approximate surface area is 167 Å². The van der Waals surface area contributed by atoms with Crippen LogP contribution in [0.5, 0.6) is 0 Å². The molecule has 3 rings (SSSR count). The third-order valence-electron chi connectivity index (χ3n) is 4.88. The Morgan fingerprint density at radius 1 is 1.07 bits per heavy atom. The third-order valence-corrected chi connectivity index (χ3v) is 4.88. The molecule has 0 unspecified atom stereocenters. The third kappa shape index (κ3) is 4.11. The first kappa shape index (κ1) is 20.1. The van der Waals surface area contributed by atoms with Gasteiger partial charge in [0.15, 0.2) is 0 Å². The second-order valence-electron chi connectivity index (χ2n) is 6.85. The lowest BCUT2D eigenvalue weighted by Gasteiger charge is -2.26. The second-order valence-corrected chi connectivity index (χ2v) is 6.85. The number of amides is 4. The zero-order valence-electron chi connectivity index (χ0n) is 15.8. The lowest BCUT2D eigenvalue weighted by Crippen LogP contribution is -2.45. The summed E-state index contributed by atoms with van der Waals surface area (Å²) < 4.78 is 0. The number of nitrogens with zero attached hydrogens (tertiary/aromatic N) is 1. The maximum atomic E-state index is 13.2. The van der Waals surface area contributed by atoms with Gasteiger partial charge in [-0.3, -0.25) is 19.3 Å². The Balaban J connectivity index is 1.83. The topological polar surface area (TPSA) is 116 Å². The molecule has 8 heteroatoms. The van der Waals surface area contributed by atoms with Crippen LogP contribution in [0.2, 0.25) is 0 Å². The van der Waals surface area contributed by atoms with Crippen LogP contribution in [0.4, 0.5) is 10.5 Å². The number of urea groups is 1. The Morgan fingerprint density at radius 2 is 1.72 bits per heavy atom. The van der Waals surface area contributed by atoms with Crippen LogP contribution >= 0.6 is 0 Å². The van der Waals surface area contributed by atoms with Gasteiger partial charge in [-0.25, -0.2) is 4.79 Å². The van der Waals surface area contributed by atoms with Gasteiger partial charge in [-0.2, -0.15) is 0 Å². The van der Waals surface area contributed by atoms with E-state index in [1.54, 1.807) is 42.5 Å². The standard InChI is InChI=1S/C21H21N3O5/c1-14-7-5-6-10-16(14)22-17(25)13-24-19(28)21(23-20(24)29,12-11-18(26)27)15-8-3-2-4-9-15/h2-10H,11-13H2,1H3,(H,22,25)(H,23,29)(H,26,27)/t21-/m0/s1. The fraction of sp³-hybridized carbons (Fsp3) is 0.238. The molecule has 1 heterocycles. The molecule has 2 aromatic carbocycles. The lowest BCUT2D eigenvalue weighted by molar-refractivity contribution is -0.138. The van der Waals surface area contributed by atoms with Gasteiger partial charge < -0.3 is 15.7 Å². The number of aliphatic carboxylic acids is 1. The van der Waals surface area contributed by atoms with Crippen LogP contribution in [0.1, 0.15) is 24.0 Å². The highest BCUT2D eigenvalue weighted by Gasteiger charge is 2.52. The van der Waals surface area contributed by atoms with Crippen molar-refractivity contribution in [1.29, 1.82) is 0 Å². The molecule has 1 saturated heterocycles. The summed E-state index contributed by atoms with van der Waals surface area (Å²) in [4.78, 5) is 50.1. The predicted octanol–water partition coefficient (Wildman–Crippen LogP) is 2.25. The molecule has 8 nitrogen and oxygen atoms in total. The van der Waals surface area contributed by atoms with Gasteiger partial charge in [-0.1, -0.05) is 48.5 Å². The van der Waals surface area contributed by atoms with Crippen LogP contribution in [0.3, 0.4) is 0 Å². The predicted molar refractivity (Wildman–Crippen MR) is 105 cm³/mol. The molecule has 3 N–H and O–H groups in total. The number of benzene rings is 2. The summed E-state index contributed by atoms with van der Waals surface area (Å²) in [5.41, 5.74) is 0.393.